The van der Waals surface area contributed by atoms with Crippen LogP contribution < -0.4 is 0 Å². The standard InChI is InChI=1S/C17H16N4/c1-12(3-4-13(2)16-8-18-11-19-9-16)14-5-6-17-15(7-14)10-20-21-17/h5-11H,1-4H2,(H,20,21). The van der Waals surface area contributed by atoms with E-state index in [9.17, 15) is 0 Å². The van der Waals surface area contributed by atoms with Crippen LogP contribution in [0.4, 0.5) is 0 Å². The van der Waals surface area contributed by atoms with Crippen LogP contribution in [0.15, 0.2) is 56.3 Å². The van der Waals surface area contributed by atoms with Crippen LogP contribution in [-0.2, 0) is 0 Å². The Hall–Kier alpha value is -2.75. The molecule has 3 rings (SSSR count). The zero-order chi connectivity index (χ0) is 14.7. The minimum atomic E-state index is 0.843. The van der Waals surface area contributed by atoms with Gasteiger partial charge >= 0.3 is 0 Å². The molecule has 0 amide bonds. The SMILES string of the molecule is C=C(CCC(=C)c1ccc2[nH]ncc2c1)c1cncnc1. The van der Waals surface area contributed by atoms with Crippen molar-refractivity contribution in [1.82, 2.24) is 20.2 Å². The lowest BCUT2D eigenvalue weighted by molar-refractivity contribution is 1.07. The molecular weight excluding hydrogens is 260 g/mol. The van der Waals surface area contributed by atoms with Crippen molar-refractivity contribution < 1.29 is 0 Å². The van der Waals surface area contributed by atoms with Crippen molar-refractivity contribution in [2.45, 2.75) is 12.8 Å². The number of benzene rings is 1. The van der Waals surface area contributed by atoms with Gasteiger partial charge in [-0.25, -0.2) is 9.97 Å². The second kappa shape index (κ2) is 5.71. The van der Waals surface area contributed by atoms with Crippen LogP contribution in [0, 0.1) is 0 Å². The number of aromatic amines is 1. The Kier molecular flexibility index (Phi) is 3.60. The van der Waals surface area contributed by atoms with Crippen LogP contribution in [0.3, 0.4) is 0 Å². The molecule has 0 radical (unpaired) electrons. The normalized spacial score (nSPS) is 10.7. The predicted octanol–water partition coefficient (Wildman–Crippen LogP) is 3.86. The minimum absolute atomic E-state index is 0.843. The van der Waals surface area contributed by atoms with Gasteiger partial charge in [-0.15, -0.1) is 0 Å². The van der Waals surface area contributed by atoms with Gasteiger partial charge in [0.1, 0.15) is 6.33 Å². The second-order valence-electron chi connectivity index (χ2n) is 5.01. The van der Waals surface area contributed by atoms with Crippen LogP contribution in [-0.4, -0.2) is 20.2 Å². The molecule has 0 unspecified atom stereocenters. The van der Waals surface area contributed by atoms with Crippen molar-refractivity contribution in [3.05, 3.63) is 67.4 Å². The van der Waals surface area contributed by atoms with Crippen molar-refractivity contribution in [1.29, 1.82) is 0 Å². The van der Waals surface area contributed by atoms with Gasteiger partial charge in [-0.3, -0.25) is 5.10 Å². The van der Waals surface area contributed by atoms with Gasteiger partial charge in [-0.2, -0.15) is 5.10 Å². The monoisotopic (exact) mass is 276 g/mol. The molecule has 0 bridgehead atoms. The molecule has 1 N–H and O–H groups in total. The Bertz CT molecular complexity index is 787. The van der Waals surface area contributed by atoms with Gasteiger partial charge in [-0.05, 0) is 41.7 Å². The number of nitrogens with one attached hydrogen (secondary N) is 1. The van der Waals surface area contributed by atoms with Gasteiger partial charge in [0.15, 0.2) is 0 Å². The number of hydrogen-bond acceptors (Lipinski definition) is 3. The average Bonchev–Trinajstić information content (AvgIpc) is 3.00. The lowest BCUT2D eigenvalue weighted by Gasteiger charge is -2.08. The molecule has 21 heavy (non-hydrogen) atoms. The molecule has 104 valence electrons. The lowest BCUT2D eigenvalue weighted by Crippen LogP contribution is -1.89. The molecule has 0 aliphatic heterocycles. The summed E-state index contributed by atoms with van der Waals surface area (Å²) in [7, 11) is 0. The fourth-order valence-corrected chi connectivity index (χ4v) is 2.23. The van der Waals surface area contributed by atoms with Gasteiger partial charge in [0.2, 0.25) is 0 Å². The van der Waals surface area contributed by atoms with Gasteiger partial charge in [0, 0.05) is 23.3 Å². The largest absolute Gasteiger partial charge is 0.278 e. The van der Waals surface area contributed by atoms with Crippen LogP contribution in [0.1, 0.15) is 24.0 Å². The number of rotatable bonds is 5. The highest BCUT2D eigenvalue weighted by molar-refractivity contribution is 5.82. The zero-order valence-corrected chi connectivity index (χ0v) is 11.7. The third-order valence-electron chi connectivity index (χ3n) is 3.55. The molecule has 1 aromatic carbocycles. The van der Waals surface area contributed by atoms with Crippen molar-refractivity contribution in [3.63, 3.8) is 0 Å². The molecule has 0 aliphatic carbocycles. The molecule has 4 heteroatoms. The topological polar surface area (TPSA) is 54.5 Å². The van der Waals surface area contributed by atoms with Gasteiger partial charge in [0.25, 0.3) is 0 Å². The molecule has 0 saturated carbocycles. The van der Waals surface area contributed by atoms with Crippen LogP contribution in [0.5, 0.6) is 0 Å². The number of aromatic nitrogens is 4. The van der Waals surface area contributed by atoms with Crippen LogP contribution in [0.2, 0.25) is 0 Å². The summed E-state index contributed by atoms with van der Waals surface area (Å²) in [6.07, 6.45) is 8.63. The van der Waals surface area contributed by atoms with E-state index in [4.69, 9.17) is 0 Å². The van der Waals surface area contributed by atoms with Gasteiger partial charge < -0.3 is 0 Å². The van der Waals surface area contributed by atoms with Crippen LogP contribution >= 0.6 is 0 Å². The fourth-order valence-electron chi connectivity index (χ4n) is 2.23. The summed E-state index contributed by atoms with van der Waals surface area (Å²) in [6, 6.07) is 6.20. The van der Waals surface area contributed by atoms with E-state index in [0.717, 1.165) is 46.0 Å². The Morgan fingerprint density at radius 2 is 1.67 bits per heavy atom. The summed E-state index contributed by atoms with van der Waals surface area (Å²) < 4.78 is 0. The van der Waals surface area contributed by atoms with Crippen LogP contribution in [0.25, 0.3) is 22.0 Å². The van der Waals surface area contributed by atoms with E-state index >= 15 is 0 Å². The average molecular weight is 276 g/mol. The molecule has 2 aromatic heterocycles. The van der Waals surface area contributed by atoms with Crippen molar-refractivity contribution in [3.8, 4) is 0 Å². The first-order valence-corrected chi connectivity index (χ1v) is 6.78. The number of fused-ring (bicyclic) bond motifs is 1. The van der Waals surface area contributed by atoms with E-state index in [-0.39, 0.29) is 0 Å². The molecule has 2 heterocycles. The Balaban J connectivity index is 1.67. The highest BCUT2D eigenvalue weighted by atomic mass is 15.1. The molecule has 0 fully saturated rings. The molecule has 0 aliphatic rings. The zero-order valence-electron chi connectivity index (χ0n) is 11.7. The van der Waals surface area contributed by atoms with Crippen molar-refractivity contribution >= 4 is 22.0 Å². The van der Waals surface area contributed by atoms with E-state index in [2.05, 4.69) is 45.5 Å². The van der Waals surface area contributed by atoms with Gasteiger partial charge in [0.05, 0.1) is 11.7 Å². The highest BCUT2D eigenvalue weighted by Crippen LogP contribution is 2.25. The highest BCUT2D eigenvalue weighted by Gasteiger charge is 2.05. The van der Waals surface area contributed by atoms with Gasteiger partial charge in [-0.1, -0.05) is 19.2 Å². The first kappa shape index (κ1) is 13.2. The Morgan fingerprint density at radius 1 is 0.952 bits per heavy atom. The Morgan fingerprint density at radius 3 is 2.43 bits per heavy atom. The number of hydrogen-bond donors (Lipinski definition) is 1. The first-order valence-electron chi connectivity index (χ1n) is 6.78. The summed E-state index contributed by atoms with van der Waals surface area (Å²) in [4.78, 5) is 8.03. The summed E-state index contributed by atoms with van der Waals surface area (Å²) in [6.45, 7) is 8.27. The van der Waals surface area contributed by atoms with E-state index in [0.29, 0.717) is 0 Å². The molecule has 3 aromatic rings. The number of nitrogens with zero attached hydrogens (tertiary/aromatic N) is 3. The summed E-state index contributed by atoms with van der Waals surface area (Å²) in [5.41, 5.74) is 5.28. The minimum Gasteiger partial charge on any atom is -0.278 e. The van der Waals surface area contributed by atoms with E-state index in [1.165, 1.54) is 6.33 Å². The molecule has 0 atom stereocenters. The third kappa shape index (κ3) is 2.89. The lowest BCUT2D eigenvalue weighted by atomic mass is 9.97. The fraction of sp³-hybridized carbons (Fsp3) is 0.118. The van der Waals surface area contributed by atoms with E-state index in [1.807, 2.05) is 12.3 Å². The summed E-state index contributed by atoms with van der Waals surface area (Å²) >= 11 is 0. The predicted molar refractivity (Wildman–Crippen MR) is 85.4 cm³/mol. The first-order chi connectivity index (χ1) is 10.2. The summed E-state index contributed by atoms with van der Waals surface area (Å²) in [5.74, 6) is 0. The maximum Gasteiger partial charge on any atom is 0.115 e. The summed E-state index contributed by atoms with van der Waals surface area (Å²) in [5, 5.41) is 8.08. The molecule has 0 spiro atoms. The van der Waals surface area contributed by atoms with Crippen molar-refractivity contribution in [2.24, 2.45) is 0 Å². The Labute approximate surface area is 123 Å². The molecular formula is C17H16N4. The smallest absolute Gasteiger partial charge is 0.115 e. The maximum absolute atomic E-state index is 4.18. The van der Waals surface area contributed by atoms with E-state index in [1.54, 1.807) is 12.4 Å². The second-order valence-corrected chi connectivity index (χ2v) is 5.01. The van der Waals surface area contributed by atoms with E-state index < -0.39 is 0 Å². The number of allylic oxidation sites excluding steroid dienone is 2. The maximum atomic E-state index is 4.18. The third-order valence-corrected chi connectivity index (χ3v) is 3.55. The quantitative estimate of drug-likeness (QED) is 0.769. The molecule has 4 nitrogen and oxygen atoms in total. The molecule has 0 saturated heterocycles. The van der Waals surface area contributed by atoms with Crippen molar-refractivity contribution in [2.75, 3.05) is 0 Å². The number of H-pyrrole nitrogens is 1.